The zero-order chi connectivity index (χ0) is 19.2. The van der Waals surface area contributed by atoms with Crippen molar-refractivity contribution in [1.82, 2.24) is 14.8 Å². The van der Waals surface area contributed by atoms with Crippen LogP contribution in [0, 0.1) is 0 Å². The second-order valence-electron chi connectivity index (χ2n) is 6.75. The molecule has 1 aromatic heterocycles. The molecular formula is C22H23N3O2S. The van der Waals surface area contributed by atoms with Gasteiger partial charge in [0.25, 0.3) is 5.91 Å². The first-order chi connectivity index (χ1) is 13.8. The first kappa shape index (κ1) is 18.7. The fourth-order valence-electron chi connectivity index (χ4n) is 3.50. The van der Waals surface area contributed by atoms with Gasteiger partial charge >= 0.3 is 0 Å². The molecule has 0 bridgehead atoms. The van der Waals surface area contributed by atoms with Crippen molar-refractivity contribution in [2.24, 2.45) is 0 Å². The maximum atomic E-state index is 12.5. The van der Waals surface area contributed by atoms with Gasteiger partial charge in [-0.1, -0.05) is 48.5 Å². The van der Waals surface area contributed by atoms with Crippen LogP contribution in [0.3, 0.4) is 0 Å². The molecule has 0 radical (unpaired) electrons. The summed E-state index contributed by atoms with van der Waals surface area (Å²) >= 11 is 1.45. The van der Waals surface area contributed by atoms with E-state index in [1.807, 2.05) is 46.7 Å². The molecule has 1 amide bonds. The summed E-state index contributed by atoms with van der Waals surface area (Å²) in [7, 11) is 0. The van der Waals surface area contributed by atoms with Crippen molar-refractivity contribution < 1.29 is 9.53 Å². The molecule has 144 valence electrons. The van der Waals surface area contributed by atoms with Crippen molar-refractivity contribution in [3.63, 3.8) is 0 Å². The van der Waals surface area contributed by atoms with Crippen molar-refractivity contribution in [1.29, 1.82) is 0 Å². The lowest BCUT2D eigenvalue weighted by Crippen LogP contribution is -2.50. The third-order valence-electron chi connectivity index (χ3n) is 5.03. The number of aromatic nitrogens is 1. The number of hydrogen-bond donors (Lipinski definition) is 0. The number of amides is 1. The number of hydrogen-bond acceptors (Lipinski definition) is 5. The summed E-state index contributed by atoms with van der Waals surface area (Å²) < 4.78 is 6.08. The number of nitrogens with zero attached hydrogens (tertiary/aromatic N) is 3. The summed E-state index contributed by atoms with van der Waals surface area (Å²) in [4.78, 5) is 21.0. The van der Waals surface area contributed by atoms with E-state index in [1.165, 1.54) is 16.9 Å². The van der Waals surface area contributed by atoms with Crippen LogP contribution in [0.25, 0.3) is 0 Å². The monoisotopic (exact) mass is 393 g/mol. The second kappa shape index (κ2) is 8.99. The first-order valence-electron chi connectivity index (χ1n) is 9.45. The summed E-state index contributed by atoms with van der Waals surface area (Å²) in [5.74, 6) is 0.901. The Kier molecular flexibility index (Phi) is 5.99. The predicted octanol–water partition coefficient (Wildman–Crippen LogP) is 3.72. The third kappa shape index (κ3) is 4.40. The van der Waals surface area contributed by atoms with Gasteiger partial charge in [-0.2, -0.15) is 0 Å². The molecule has 1 aliphatic heterocycles. The Morgan fingerprint density at radius 3 is 2.32 bits per heavy atom. The van der Waals surface area contributed by atoms with Crippen LogP contribution in [0.5, 0.6) is 5.75 Å². The van der Waals surface area contributed by atoms with E-state index in [2.05, 4.69) is 34.1 Å². The number of piperazine rings is 1. The lowest BCUT2D eigenvalue weighted by atomic mass is 10.0. The molecule has 2 heterocycles. The van der Waals surface area contributed by atoms with Crippen LogP contribution < -0.4 is 4.74 Å². The normalized spacial score (nSPS) is 15.9. The molecule has 1 aliphatic rings. The molecule has 1 saturated heterocycles. The SMILES string of the molecule is O=C(c1cscn1)N1CCN(C(COc2ccccc2)c2ccccc2)CC1. The highest BCUT2D eigenvalue weighted by Gasteiger charge is 2.28. The Hall–Kier alpha value is -2.70. The van der Waals surface area contributed by atoms with Crippen LogP contribution in [-0.2, 0) is 0 Å². The van der Waals surface area contributed by atoms with Gasteiger partial charge in [-0.3, -0.25) is 9.69 Å². The standard InChI is InChI=1S/C22H23N3O2S/c26-22(20-16-28-17-23-20)25-13-11-24(12-14-25)21(18-7-3-1-4-8-18)15-27-19-9-5-2-6-10-19/h1-10,16-17,21H,11-15H2. The lowest BCUT2D eigenvalue weighted by Gasteiger charge is -2.39. The van der Waals surface area contributed by atoms with Gasteiger partial charge in [-0.25, -0.2) is 4.98 Å². The predicted molar refractivity (Wildman–Crippen MR) is 111 cm³/mol. The molecule has 0 saturated carbocycles. The molecule has 1 fully saturated rings. The summed E-state index contributed by atoms with van der Waals surface area (Å²) in [5.41, 5.74) is 3.48. The van der Waals surface area contributed by atoms with Gasteiger partial charge in [-0.15, -0.1) is 11.3 Å². The number of carbonyl (C=O) groups excluding carboxylic acids is 1. The highest BCUT2D eigenvalue weighted by atomic mass is 32.1. The van der Waals surface area contributed by atoms with Crippen LogP contribution in [0.1, 0.15) is 22.1 Å². The van der Waals surface area contributed by atoms with Crippen molar-refractivity contribution >= 4 is 17.2 Å². The van der Waals surface area contributed by atoms with E-state index in [9.17, 15) is 4.79 Å². The van der Waals surface area contributed by atoms with E-state index >= 15 is 0 Å². The zero-order valence-electron chi connectivity index (χ0n) is 15.6. The Balaban J connectivity index is 1.43. The van der Waals surface area contributed by atoms with Crippen LogP contribution in [-0.4, -0.2) is 53.5 Å². The zero-order valence-corrected chi connectivity index (χ0v) is 16.4. The smallest absolute Gasteiger partial charge is 0.273 e. The van der Waals surface area contributed by atoms with Crippen molar-refractivity contribution in [2.75, 3.05) is 32.8 Å². The fourth-order valence-corrected chi connectivity index (χ4v) is 4.02. The molecule has 2 aromatic carbocycles. The molecule has 5 nitrogen and oxygen atoms in total. The topological polar surface area (TPSA) is 45.7 Å². The average Bonchev–Trinajstić information content (AvgIpc) is 3.30. The van der Waals surface area contributed by atoms with Gasteiger partial charge in [0.15, 0.2) is 0 Å². The molecule has 3 aromatic rings. The first-order valence-corrected chi connectivity index (χ1v) is 10.4. The molecule has 1 unspecified atom stereocenters. The van der Waals surface area contributed by atoms with Crippen LogP contribution >= 0.6 is 11.3 Å². The second-order valence-corrected chi connectivity index (χ2v) is 7.47. The van der Waals surface area contributed by atoms with E-state index in [0.29, 0.717) is 25.4 Å². The lowest BCUT2D eigenvalue weighted by molar-refractivity contribution is 0.0495. The Morgan fingerprint density at radius 2 is 1.68 bits per heavy atom. The van der Waals surface area contributed by atoms with E-state index in [4.69, 9.17) is 4.74 Å². The maximum Gasteiger partial charge on any atom is 0.273 e. The van der Waals surface area contributed by atoms with Gasteiger partial charge < -0.3 is 9.64 Å². The van der Waals surface area contributed by atoms with Gasteiger partial charge in [-0.05, 0) is 17.7 Å². The molecule has 0 aliphatic carbocycles. The van der Waals surface area contributed by atoms with E-state index in [0.717, 1.165) is 18.8 Å². The maximum absolute atomic E-state index is 12.5. The number of rotatable bonds is 6. The van der Waals surface area contributed by atoms with E-state index in [1.54, 1.807) is 5.51 Å². The average molecular weight is 394 g/mol. The fraction of sp³-hybridized carbons (Fsp3) is 0.273. The number of thiazole rings is 1. The van der Waals surface area contributed by atoms with E-state index in [-0.39, 0.29) is 11.9 Å². The quantitative estimate of drug-likeness (QED) is 0.640. The number of para-hydroxylation sites is 1. The highest BCUT2D eigenvalue weighted by Crippen LogP contribution is 2.24. The molecule has 1 atom stereocenters. The summed E-state index contributed by atoms with van der Waals surface area (Å²) in [6.45, 7) is 3.60. The Labute approximate surface area is 169 Å². The van der Waals surface area contributed by atoms with Crippen molar-refractivity contribution in [2.45, 2.75) is 6.04 Å². The molecule has 0 spiro atoms. The largest absolute Gasteiger partial charge is 0.492 e. The van der Waals surface area contributed by atoms with Crippen molar-refractivity contribution in [3.05, 3.63) is 82.8 Å². The van der Waals surface area contributed by atoms with Crippen LogP contribution in [0.4, 0.5) is 0 Å². The van der Waals surface area contributed by atoms with Gasteiger partial charge in [0, 0.05) is 31.6 Å². The highest BCUT2D eigenvalue weighted by molar-refractivity contribution is 7.07. The third-order valence-corrected chi connectivity index (χ3v) is 5.62. The van der Waals surface area contributed by atoms with Crippen LogP contribution in [0.2, 0.25) is 0 Å². The van der Waals surface area contributed by atoms with Crippen molar-refractivity contribution in [3.8, 4) is 5.75 Å². The summed E-state index contributed by atoms with van der Waals surface area (Å²) in [6.07, 6.45) is 0. The molecular weight excluding hydrogens is 370 g/mol. The van der Waals surface area contributed by atoms with E-state index < -0.39 is 0 Å². The minimum Gasteiger partial charge on any atom is -0.492 e. The molecule has 4 rings (SSSR count). The number of ether oxygens (including phenoxy) is 1. The minimum absolute atomic E-state index is 0.0256. The van der Waals surface area contributed by atoms with Gasteiger partial charge in [0.2, 0.25) is 0 Å². The summed E-state index contributed by atoms with van der Waals surface area (Å²) in [5, 5.41) is 1.81. The molecule has 6 heteroatoms. The summed E-state index contributed by atoms with van der Waals surface area (Å²) in [6, 6.07) is 20.5. The minimum atomic E-state index is 0.0256. The van der Waals surface area contributed by atoms with Gasteiger partial charge in [0.1, 0.15) is 18.1 Å². The Bertz CT molecular complexity index is 863. The molecule has 0 N–H and O–H groups in total. The molecule has 28 heavy (non-hydrogen) atoms. The Morgan fingerprint density at radius 1 is 1.00 bits per heavy atom. The number of benzene rings is 2. The van der Waals surface area contributed by atoms with Gasteiger partial charge in [0.05, 0.1) is 11.6 Å². The number of carbonyl (C=O) groups is 1. The van der Waals surface area contributed by atoms with Crippen LogP contribution in [0.15, 0.2) is 71.6 Å².